The number of ketones is 1. The largest absolute Gasteiger partial charge is 0.493 e. The maximum absolute atomic E-state index is 12.8. The van der Waals surface area contributed by atoms with Crippen LogP contribution in [-0.4, -0.2) is 40.0 Å². The van der Waals surface area contributed by atoms with Crippen molar-refractivity contribution in [3.63, 3.8) is 0 Å². The number of hydrogen-bond donors (Lipinski definition) is 0. The first-order valence-electron chi connectivity index (χ1n) is 9.80. The van der Waals surface area contributed by atoms with Crippen LogP contribution in [0.2, 0.25) is 0 Å². The molecule has 7 heteroatoms. The zero-order valence-electron chi connectivity index (χ0n) is 16.3. The summed E-state index contributed by atoms with van der Waals surface area (Å²) < 4.78 is 13.2. The fourth-order valence-electron chi connectivity index (χ4n) is 3.61. The van der Waals surface area contributed by atoms with Gasteiger partial charge in [0.2, 0.25) is 0 Å². The second-order valence-corrected chi connectivity index (χ2v) is 7.03. The SMILES string of the molecule is CCOc1cc2nc(C3CCOCC3)cn2cc1CC(=O)c1cccc(C#N)n1. The van der Waals surface area contributed by atoms with Gasteiger partial charge in [-0.25, -0.2) is 9.97 Å². The van der Waals surface area contributed by atoms with Crippen LogP contribution in [0.5, 0.6) is 5.75 Å². The molecular formula is C22H22N4O3. The summed E-state index contributed by atoms with van der Waals surface area (Å²) in [6.07, 6.45) is 6.01. The predicted molar refractivity (Wildman–Crippen MR) is 106 cm³/mol. The van der Waals surface area contributed by atoms with E-state index < -0.39 is 0 Å². The van der Waals surface area contributed by atoms with E-state index in [1.54, 1.807) is 18.2 Å². The molecule has 0 atom stereocenters. The van der Waals surface area contributed by atoms with Gasteiger partial charge in [0.15, 0.2) is 5.78 Å². The molecule has 0 radical (unpaired) electrons. The number of nitrogens with zero attached hydrogens (tertiary/aromatic N) is 4. The molecule has 1 saturated heterocycles. The fraction of sp³-hybridized carbons (Fsp3) is 0.364. The minimum Gasteiger partial charge on any atom is -0.493 e. The molecule has 0 bridgehead atoms. The van der Waals surface area contributed by atoms with Gasteiger partial charge in [0.25, 0.3) is 0 Å². The fourth-order valence-corrected chi connectivity index (χ4v) is 3.61. The number of Topliss-reactive ketones (excluding diaryl/α,β-unsaturated/α-hetero) is 1. The Labute approximate surface area is 168 Å². The molecule has 1 fully saturated rings. The molecule has 0 spiro atoms. The molecule has 148 valence electrons. The van der Waals surface area contributed by atoms with Crippen molar-refractivity contribution in [3.05, 3.63) is 59.3 Å². The van der Waals surface area contributed by atoms with Gasteiger partial charge in [0.1, 0.15) is 28.9 Å². The van der Waals surface area contributed by atoms with Crippen LogP contribution in [0.25, 0.3) is 5.65 Å². The highest BCUT2D eigenvalue weighted by Crippen LogP contribution is 2.29. The Morgan fingerprint density at radius 2 is 2.14 bits per heavy atom. The number of imidazole rings is 1. The van der Waals surface area contributed by atoms with E-state index in [4.69, 9.17) is 19.7 Å². The lowest BCUT2D eigenvalue weighted by Gasteiger charge is -2.19. The monoisotopic (exact) mass is 390 g/mol. The number of rotatable bonds is 6. The Bertz CT molecular complexity index is 1080. The highest BCUT2D eigenvalue weighted by atomic mass is 16.5. The van der Waals surface area contributed by atoms with E-state index in [9.17, 15) is 4.79 Å². The number of carbonyl (C=O) groups excluding carboxylic acids is 1. The first-order valence-corrected chi connectivity index (χ1v) is 9.80. The number of fused-ring (bicyclic) bond motifs is 1. The lowest BCUT2D eigenvalue weighted by molar-refractivity contribution is 0.0846. The zero-order valence-corrected chi connectivity index (χ0v) is 16.3. The number of carbonyl (C=O) groups is 1. The standard InChI is InChI=1S/C22H22N4O3/c1-2-29-21-11-22-25-19(15-6-8-28-9-7-15)14-26(22)13-16(21)10-20(27)18-5-3-4-17(12-23)24-18/h3-5,11,13-15H,2,6-10H2,1H3. The van der Waals surface area contributed by atoms with E-state index >= 15 is 0 Å². The second kappa shape index (κ2) is 8.41. The van der Waals surface area contributed by atoms with Crippen LogP contribution in [0.3, 0.4) is 0 Å². The summed E-state index contributed by atoms with van der Waals surface area (Å²) in [7, 11) is 0. The lowest BCUT2D eigenvalue weighted by Crippen LogP contribution is -2.14. The highest BCUT2D eigenvalue weighted by Gasteiger charge is 2.20. The molecule has 0 saturated carbocycles. The summed E-state index contributed by atoms with van der Waals surface area (Å²) in [6, 6.07) is 8.73. The molecule has 4 heterocycles. The molecule has 3 aromatic rings. The van der Waals surface area contributed by atoms with Crippen molar-refractivity contribution in [1.29, 1.82) is 5.26 Å². The van der Waals surface area contributed by atoms with Crippen molar-refractivity contribution in [2.75, 3.05) is 19.8 Å². The number of aromatic nitrogens is 3. The maximum atomic E-state index is 12.8. The summed E-state index contributed by atoms with van der Waals surface area (Å²) in [5.41, 5.74) is 3.12. The Morgan fingerprint density at radius 1 is 1.31 bits per heavy atom. The summed E-state index contributed by atoms with van der Waals surface area (Å²) in [5.74, 6) is 0.878. The van der Waals surface area contributed by atoms with Crippen LogP contribution >= 0.6 is 0 Å². The molecule has 0 amide bonds. The molecule has 7 nitrogen and oxygen atoms in total. The van der Waals surface area contributed by atoms with Gasteiger partial charge in [-0.15, -0.1) is 0 Å². The molecule has 3 aromatic heterocycles. The van der Waals surface area contributed by atoms with E-state index in [-0.39, 0.29) is 23.6 Å². The van der Waals surface area contributed by atoms with Crippen LogP contribution in [0.1, 0.15) is 53.1 Å². The molecule has 1 aliphatic rings. The number of ether oxygens (including phenoxy) is 2. The van der Waals surface area contributed by atoms with Crippen LogP contribution in [-0.2, 0) is 11.2 Å². The van der Waals surface area contributed by atoms with Gasteiger partial charge in [-0.2, -0.15) is 5.26 Å². The van der Waals surface area contributed by atoms with E-state index in [1.807, 2.05) is 35.9 Å². The van der Waals surface area contributed by atoms with E-state index in [2.05, 4.69) is 4.98 Å². The van der Waals surface area contributed by atoms with E-state index in [0.29, 0.717) is 18.3 Å². The maximum Gasteiger partial charge on any atom is 0.185 e. The first-order chi connectivity index (χ1) is 14.2. The van der Waals surface area contributed by atoms with Gasteiger partial charge in [-0.3, -0.25) is 4.79 Å². The number of hydrogen-bond acceptors (Lipinski definition) is 6. The van der Waals surface area contributed by atoms with Crippen molar-refractivity contribution >= 4 is 11.4 Å². The van der Waals surface area contributed by atoms with Crippen molar-refractivity contribution in [2.45, 2.75) is 32.1 Å². The minimum absolute atomic E-state index is 0.137. The molecule has 4 rings (SSSR count). The molecule has 0 unspecified atom stereocenters. The summed E-state index contributed by atoms with van der Waals surface area (Å²) in [6.45, 7) is 3.92. The smallest absolute Gasteiger partial charge is 0.185 e. The topological polar surface area (TPSA) is 89.5 Å². The average molecular weight is 390 g/mol. The summed E-state index contributed by atoms with van der Waals surface area (Å²) >= 11 is 0. The molecule has 0 N–H and O–H groups in total. The third-order valence-corrected chi connectivity index (χ3v) is 5.09. The molecule has 29 heavy (non-hydrogen) atoms. The normalized spacial score (nSPS) is 14.6. The van der Waals surface area contributed by atoms with Crippen LogP contribution in [0, 0.1) is 11.3 Å². The Kier molecular flexibility index (Phi) is 5.54. The summed E-state index contributed by atoms with van der Waals surface area (Å²) in [5, 5.41) is 9.01. The molecular weight excluding hydrogens is 368 g/mol. The van der Waals surface area contributed by atoms with Gasteiger partial charge in [0.05, 0.1) is 12.3 Å². The highest BCUT2D eigenvalue weighted by molar-refractivity contribution is 5.96. The Balaban J connectivity index is 1.65. The van der Waals surface area contributed by atoms with Crippen LogP contribution < -0.4 is 4.74 Å². The van der Waals surface area contributed by atoms with Crippen molar-refractivity contribution in [1.82, 2.24) is 14.4 Å². The Hall–Kier alpha value is -3.24. The van der Waals surface area contributed by atoms with Gasteiger partial charge >= 0.3 is 0 Å². The predicted octanol–water partition coefficient (Wildman–Crippen LogP) is 3.32. The number of pyridine rings is 2. The zero-order chi connectivity index (χ0) is 20.2. The third kappa shape index (κ3) is 4.13. The van der Waals surface area contributed by atoms with Crippen molar-refractivity contribution in [3.8, 4) is 11.8 Å². The minimum atomic E-state index is -0.160. The molecule has 1 aliphatic heterocycles. The van der Waals surface area contributed by atoms with E-state index in [1.165, 1.54) is 0 Å². The van der Waals surface area contributed by atoms with Gasteiger partial charge in [-0.1, -0.05) is 6.07 Å². The second-order valence-electron chi connectivity index (χ2n) is 7.03. The van der Waals surface area contributed by atoms with Crippen LogP contribution in [0.4, 0.5) is 0 Å². The van der Waals surface area contributed by atoms with E-state index in [0.717, 1.165) is 43.0 Å². The van der Waals surface area contributed by atoms with Crippen molar-refractivity contribution in [2.24, 2.45) is 0 Å². The van der Waals surface area contributed by atoms with Crippen LogP contribution in [0.15, 0.2) is 36.7 Å². The first kappa shape index (κ1) is 19.1. The molecule has 0 aliphatic carbocycles. The van der Waals surface area contributed by atoms with Gasteiger partial charge in [0, 0.05) is 49.6 Å². The lowest BCUT2D eigenvalue weighted by atomic mass is 9.97. The Morgan fingerprint density at radius 3 is 2.90 bits per heavy atom. The molecule has 0 aromatic carbocycles. The average Bonchev–Trinajstić information content (AvgIpc) is 3.17. The summed E-state index contributed by atoms with van der Waals surface area (Å²) in [4.78, 5) is 21.6. The quantitative estimate of drug-likeness (QED) is 0.600. The van der Waals surface area contributed by atoms with Gasteiger partial charge < -0.3 is 13.9 Å². The van der Waals surface area contributed by atoms with Crippen molar-refractivity contribution < 1.29 is 14.3 Å². The third-order valence-electron chi connectivity index (χ3n) is 5.09. The van der Waals surface area contributed by atoms with Gasteiger partial charge in [-0.05, 0) is 31.9 Å². The number of nitriles is 1.